The number of ether oxygens (including phenoxy) is 1. The van der Waals surface area contributed by atoms with Gasteiger partial charge >= 0.3 is 18.1 Å². The maximum absolute atomic E-state index is 12.0. The molecule has 0 spiro atoms. The van der Waals surface area contributed by atoms with E-state index < -0.39 is 24.0 Å². The lowest BCUT2D eigenvalue weighted by Crippen LogP contribution is -2.38. The zero-order valence-corrected chi connectivity index (χ0v) is 12.0. The van der Waals surface area contributed by atoms with Crippen molar-refractivity contribution in [2.24, 2.45) is 5.92 Å². The number of halogens is 3. The molecule has 1 aromatic heterocycles. The molecule has 8 heteroatoms. The van der Waals surface area contributed by atoms with E-state index in [1.54, 1.807) is 36.8 Å². The van der Waals surface area contributed by atoms with E-state index in [1.807, 2.05) is 0 Å². The van der Waals surface area contributed by atoms with Crippen LogP contribution in [0.2, 0.25) is 0 Å². The molecule has 0 aliphatic heterocycles. The third kappa shape index (κ3) is 6.11. The fourth-order valence-electron chi connectivity index (χ4n) is 1.70. The molecule has 122 valence electrons. The molecular formula is C14H17F3N2O3. The van der Waals surface area contributed by atoms with E-state index >= 15 is 0 Å². The van der Waals surface area contributed by atoms with Gasteiger partial charge in [0.1, 0.15) is 6.61 Å². The van der Waals surface area contributed by atoms with Gasteiger partial charge in [-0.15, -0.1) is 0 Å². The zero-order chi connectivity index (χ0) is 16.6. The Labute approximate surface area is 125 Å². The molecule has 1 heterocycles. The molecule has 22 heavy (non-hydrogen) atoms. The predicted molar refractivity (Wildman–Crippen MR) is 71.5 cm³/mol. The van der Waals surface area contributed by atoms with Crippen LogP contribution >= 0.6 is 0 Å². The van der Waals surface area contributed by atoms with Gasteiger partial charge in [0, 0.05) is 24.5 Å². The fourth-order valence-corrected chi connectivity index (χ4v) is 1.70. The van der Waals surface area contributed by atoms with Gasteiger partial charge in [0.2, 0.25) is 0 Å². The number of rotatable bonds is 7. The van der Waals surface area contributed by atoms with Crippen LogP contribution in [0, 0.1) is 5.92 Å². The topological polar surface area (TPSA) is 68.3 Å². The summed E-state index contributed by atoms with van der Waals surface area (Å²) in [7, 11) is 0. The van der Waals surface area contributed by atoms with E-state index in [4.69, 9.17) is 4.74 Å². The number of hydrogen-bond acceptors (Lipinski definition) is 4. The monoisotopic (exact) mass is 318 g/mol. The minimum atomic E-state index is -4.91. The lowest BCUT2D eigenvalue weighted by atomic mass is 10.0. The third-order valence-electron chi connectivity index (χ3n) is 2.97. The number of carbonyl (C=O) groups excluding carboxylic acids is 2. The fraction of sp³-hybridized carbons (Fsp3) is 0.500. The lowest BCUT2D eigenvalue weighted by molar-refractivity contribution is -0.173. The Morgan fingerprint density at radius 2 is 2.14 bits per heavy atom. The van der Waals surface area contributed by atoms with Crippen LogP contribution in [0.5, 0.6) is 0 Å². The number of nitrogens with one attached hydrogen (secondary N) is 1. The summed E-state index contributed by atoms with van der Waals surface area (Å²) in [6.07, 6.45) is -1.28. The van der Waals surface area contributed by atoms with E-state index in [-0.39, 0.29) is 19.6 Å². The van der Waals surface area contributed by atoms with E-state index in [0.717, 1.165) is 5.56 Å². The first-order chi connectivity index (χ1) is 10.3. The molecule has 1 unspecified atom stereocenters. The number of hydrogen-bond donors (Lipinski definition) is 1. The first-order valence-electron chi connectivity index (χ1n) is 6.75. The summed E-state index contributed by atoms with van der Waals surface area (Å²) in [4.78, 5) is 26.4. The van der Waals surface area contributed by atoms with Crippen LogP contribution in [-0.4, -0.2) is 29.6 Å². The quantitative estimate of drug-likeness (QED) is 0.783. The molecule has 0 radical (unpaired) electrons. The van der Waals surface area contributed by atoms with Gasteiger partial charge in [-0.2, -0.15) is 13.2 Å². The Hall–Kier alpha value is -2.12. The van der Waals surface area contributed by atoms with Crippen LogP contribution in [0.4, 0.5) is 13.2 Å². The van der Waals surface area contributed by atoms with Crippen molar-refractivity contribution in [3.63, 3.8) is 0 Å². The molecule has 0 aliphatic rings. The van der Waals surface area contributed by atoms with Crippen molar-refractivity contribution in [3.05, 3.63) is 30.1 Å². The van der Waals surface area contributed by atoms with Crippen molar-refractivity contribution < 1.29 is 27.5 Å². The molecule has 0 fully saturated rings. The summed E-state index contributed by atoms with van der Waals surface area (Å²) in [6, 6.07) is 3.44. The van der Waals surface area contributed by atoms with Gasteiger partial charge in [-0.3, -0.25) is 14.6 Å². The Morgan fingerprint density at radius 1 is 1.41 bits per heavy atom. The van der Waals surface area contributed by atoms with Crippen LogP contribution < -0.4 is 5.32 Å². The van der Waals surface area contributed by atoms with Crippen molar-refractivity contribution in [1.82, 2.24) is 10.3 Å². The number of carbonyl (C=O) groups is 2. The highest BCUT2D eigenvalue weighted by Crippen LogP contribution is 2.15. The Balaban J connectivity index is 2.37. The molecule has 1 N–H and O–H groups in total. The molecule has 1 atom stereocenters. The van der Waals surface area contributed by atoms with Crippen molar-refractivity contribution >= 4 is 11.9 Å². The van der Waals surface area contributed by atoms with Gasteiger partial charge < -0.3 is 10.1 Å². The summed E-state index contributed by atoms with van der Waals surface area (Å²) in [5.74, 6) is -3.08. The number of nitrogens with zero attached hydrogens (tertiary/aromatic N) is 1. The summed E-state index contributed by atoms with van der Waals surface area (Å²) in [5, 5.41) is 1.73. The highest BCUT2D eigenvalue weighted by molar-refractivity contribution is 5.81. The number of amides is 1. The summed E-state index contributed by atoms with van der Waals surface area (Å²) in [5.41, 5.74) is 0.719. The first kappa shape index (κ1) is 17.9. The maximum Gasteiger partial charge on any atom is 0.471 e. The van der Waals surface area contributed by atoms with Gasteiger partial charge in [-0.1, -0.05) is 13.0 Å². The second kappa shape index (κ2) is 8.35. The Morgan fingerprint density at radius 3 is 2.68 bits per heavy atom. The molecule has 1 amide bonds. The lowest BCUT2D eigenvalue weighted by Gasteiger charge is -2.15. The highest BCUT2D eigenvalue weighted by Gasteiger charge is 2.38. The molecular weight excluding hydrogens is 301 g/mol. The number of pyridine rings is 1. The SMILES string of the molecule is CCC(CCNC(=O)C(F)(F)F)C(=O)OCc1cccnc1. The molecule has 0 saturated heterocycles. The van der Waals surface area contributed by atoms with Crippen LogP contribution in [-0.2, 0) is 20.9 Å². The van der Waals surface area contributed by atoms with Gasteiger partial charge in [0.05, 0.1) is 5.92 Å². The van der Waals surface area contributed by atoms with E-state index in [1.165, 1.54) is 0 Å². The van der Waals surface area contributed by atoms with Crippen molar-refractivity contribution in [2.75, 3.05) is 6.54 Å². The molecule has 0 saturated carbocycles. The van der Waals surface area contributed by atoms with Gasteiger partial charge in [0.15, 0.2) is 0 Å². The zero-order valence-electron chi connectivity index (χ0n) is 12.0. The van der Waals surface area contributed by atoms with Crippen LogP contribution in [0.15, 0.2) is 24.5 Å². The average Bonchev–Trinajstić information content (AvgIpc) is 2.49. The number of aromatic nitrogens is 1. The predicted octanol–water partition coefficient (Wildman–Crippen LogP) is 2.22. The molecule has 1 rings (SSSR count). The van der Waals surface area contributed by atoms with Crippen molar-refractivity contribution in [3.8, 4) is 0 Å². The summed E-state index contributed by atoms with van der Waals surface area (Å²) < 4.78 is 41.1. The first-order valence-corrected chi connectivity index (χ1v) is 6.75. The van der Waals surface area contributed by atoms with Crippen LogP contribution in [0.3, 0.4) is 0 Å². The normalized spacial score (nSPS) is 12.5. The largest absolute Gasteiger partial charge is 0.471 e. The Bertz CT molecular complexity index is 492. The summed E-state index contributed by atoms with van der Waals surface area (Å²) >= 11 is 0. The van der Waals surface area contributed by atoms with E-state index in [9.17, 15) is 22.8 Å². The molecule has 1 aromatic rings. The number of alkyl halides is 3. The van der Waals surface area contributed by atoms with Crippen LogP contribution in [0.25, 0.3) is 0 Å². The van der Waals surface area contributed by atoms with Crippen molar-refractivity contribution in [1.29, 1.82) is 0 Å². The molecule has 0 bridgehead atoms. The standard InChI is InChI=1S/C14H17F3N2O3/c1-2-11(5-7-19-13(21)14(15,16)17)12(20)22-9-10-4-3-6-18-8-10/h3-4,6,8,11H,2,5,7,9H2,1H3,(H,19,21). The summed E-state index contributed by atoms with van der Waals surface area (Å²) in [6.45, 7) is 1.54. The van der Waals surface area contributed by atoms with Gasteiger partial charge in [-0.25, -0.2) is 0 Å². The van der Waals surface area contributed by atoms with Crippen LogP contribution in [0.1, 0.15) is 25.3 Å². The number of esters is 1. The molecule has 0 aromatic carbocycles. The second-order valence-electron chi connectivity index (χ2n) is 4.62. The van der Waals surface area contributed by atoms with E-state index in [0.29, 0.717) is 6.42 Å². The highest BCUT2D eigenvalue weighted by atomic mass is 19.4. The molecule has 5 nitrogen and oxygen atoms in total. The van der Waals surface area contributed by atoms with Gasteiger partial charge in [0.25, 0.3) is 0 Å². The average molecular weight is 318 g/mol. The van der Waals surface area contributed by atoms with E-state index in [2.05, 4.69) is 4.98 Å². The second-order valence-corrected chi connectivity index (χ2v) is 4.62. The molecule has 0 aliphatic carbocycles. The minimum absolute atomic E-state index is 0.0537. The van der Waals surface area contributed by atoms with Crippen molar-refractivity contribution in [2.45, 2.75) is 32.5 Å². The Kier molecular flexibility index (Phi) is 6.81. The third-order valence-corrected chi connectivity index (χ3v) is 2.97. The smallest absolute Gasteiger partial charge is 0.461 e. The maximum atomic E-state index is 12.0. The minimum Gasteiger partial charge on any atom is -0.461 e. The van der Waals surface area contributed by atoms with Gasteiger partial charge in [-0.05, 0) is 18.9 Å².